The van der Waals surface area contributed by atoms with Gasteiger partial charge in [-0.1, -0.05) is 44.2 Å². The van der Waals surface area contributed by atoms with E-state index in [9.17, 15) is 4.79 Å². The van der Waals surface area contributed by atoms with Crippen molar-refractivity contribution < 1.29 is 4.79 Å². The second-order valence-corrected chi connectivity index (χ2v) is 5.62. The molecule has 3 atom stereocenters. The highest BCUT2D eigenvalue weighted by atomic mass is 16.1. The molecule has 0 saturated carbocycles. The predicted octanol–water partition coefficient (Wildman–Crippen LogP) is 2.19. The van der Waals surface area contributed by atoms with Gasteiger partial charge in [0.15, 0.2) is 0 Å². The lowest BCUT2D eigenvalue weighted by atomic mass is 9.89. The van der Waals surface area contributed by atoms with Gasteiger partial charge in [0.25, 0.3) is 0 Å². The molecule has 0 aliphatic carbocycles. The van der Waals surface area contributed by atoms with Crippen LogP contribution in [0.2, 0.25) is 0 Å². The molecule has 0 radical (unpaired) electrons. The highest BCUT2D eigenvalue weighted by molar-refractivity contribution is 5.81. The second-order valence-electron chi connectivity index (χ2n) is 5.62. The Hall–Kier alpha value is -1.35. The zero-order valence-corrected chi connectivity index (χ0v) is 11.2. The van der Waals surface area contributed by atoms with E-state index in [1.165, 1.54) is 6.42 Å². The number of rotatable bonds is 3. The Kier molecular flexibility index (Phi) is 4.02. The number of nitrogens with two attached hydrogens (primary N) is 1. The summed E-state index contributed by atoms with van der Waals surface area (Å²) in [5.41, 5.74) is 6.62. The van der Waals surface area contributed by atoms with Gasteiger partial charge in [0.2, 0.25) is 5.91 Å². The molecule has 2 rings (SSSR count). The van der Waals surface area contributed by atoms with Crippen molar-refractivity contribution >= 4 is 5.91 Å². The van der Waals surface area contributed by atoms with Crippen LogP contribution in [0.5, 0.6) is 0 Å². The van der Waals surface area contributed by atoms with Gasteiger partial charge in [-0.05, 0) is 23.8 Å². The molecule has 1 saturated heterocycles. The molecule has 0 bridgehead atoms. The van der Waals surface area contributed by atoms with Gasteiger partial charge >= 0.3 is 0 Å². The van der Waals surface area contributed by atoms with Crippen molar-refractivity contribution in [3.05, 3.63) is 35.9 Å². The van der Waals surface area contributed by atoms with Crippen LogP contribution >= 0.6 is 0 Å². The molecule has 1 aliphatic heterocycles. The Morgan fingerprint density at radius 2 is 1.78 bits per heavy atom. The minimum atomic E-state index is -0.281. The van der Waals surface area contributed by atoms with Gasteiger partial charge < -0.3 is 5.73 Å². The number of piperidine rings is 1. The fraction of sp³-hybridized carbons (Fsp3) is 0.533. The molecule has 1 aliphatic rings. The summed E-state index contributed by atoms with van der Waals surface area (Å²) in [6.45, 7) is 6.39. The molecule has 1 amide bonds. The first-order valence-corrected chi connectivity index (χ1v) is 6.66. The molecule has 2 N–H and O–H groups in total. The van der Waals surface area contributed by atoms with Crippen LogP contribution in [-0.2, 0) is 4.79 Å². The van der Waals surface area contributed by atoms with Gasteiger partial charge in [-0.15, -0.1) is 0 Å². The number of primary amides is 1. The normalized spacial score (nSPS) is 26.8. The summed E-state index contributed by atoms with van der Waals surface area (Å²) in [5.74, 6) is 1.00. The maximum atomic E-state index is 11.8. The number of likely N-dealkylation sites (tertiary alicyclic amines) is 1. The lowest BCUT2D eigenvalue weighted by molar-refractivity contribution is -0.124. The lowest BCUT2D eigenvalue weighted by Crippen LogP contribution is -2.45. The zero-order chi connectivity index (χ0) is 13.1. The Morgan fingerprint density at radius 3 is 2.28 bits per heavy atom. The summed E-state index contributed by atoms with van der Waals surface area (Å²) < 4.78 is 0. The Morgan fingerprint density at radius 1 is 1.22 bits per heavy atom. The van der Waals surface area contributed by atoms with E-state index in [1.807, 2.05) is 30.3 Å². The van der Waals surface area contributed by atoms with Crippen LogP contribution in [0.15, 0.2) is 30.3 Å². The maximum Gasteiger partial charge on any atom is 0.239 e. The van der Waals surface area contributed by atoms with E-state index in [2.05, 4.69) is 18.7 Å². The first-order chi connectivity index (χ1) is 8.58. The smallest absolute Gasteiger partial charge is 0.239 e. The largest absolute Gasteiger partial charge is 0.368 e. The molecule has 0 aromatic heterocycles. The van der Waals surface area contributed by atoms with Gasteiger partial charge in [-0.3, -0.25) is 9.69 Å². The molecule has 3 nitrogen and oxygen atoms in total. The van der Waals surface area contributed by atoms with Crippen molar-refractivity contribution in [1.29, 1.82) is 0 Å². The highest BCUT2D eigenvalue weighted by Crippen LogP contribution is 2.29. The molecule has 1 aromatic carbocycles. The number of carbonyl (C=O) groups is 1. The Balaban J connectivity index is 2.23. The fourth-order valence-electron chi connectivity index (χ4n) is 3.11. The van der Waals surface area contributed by atoms with Crippen LogP contribution in [0.1, 0.15) is 31.9 Å². The molecule has 0 spiro atoms. The number of hydrogen-bond acceptors (Lipinski definition) is 2. The van der Waals surface area contributed by atoms with E-state index in [4.69, 9.17) is 5.73 Å². The molecular weight excluding hydrogens is 224 g/mol. The maximum absolute atomic E-state index is 11.8. The van der Waals surface area contributed by atoms with E-state index in [-0.39, 0.29) is 11.9 Å². The number of carbonyl (C=O) groups excluding carboxylic acids is 1. The lowest BCUT2D eigenvalue weighted by Gasteiger charge is -2.39. The molecular formula is C15H22N2O. The van der Waals surface area contributed by atoms with Gasteiger partial charge in [-0.25, -0.2) is 0 Å². The second kappa shape index (κ2) is 5.53. The average Bonchev–Trinajstić information content (AvgIpc) is 2.28. The number of hydrogen-bond donors (Lipinski definition) is 1. The molecule has 3 unspecified atom stereocenters. The summed E-state index contributed by atoms with van der Waals surface area (Å²) in [5, 5.41) is 0. The van der Waals surface area contributed by atoms with Crippen LogP contribution in [0.3, 0.4) is 0 Å². The van der Waals surface area contributed by atoms with E-state index in [0.29, 0.717) is 11.8 Å². The molecule has 98 valence electrons. The zero-order valence-electron chi connectivity index (χ0n) is 11.2. The molecule has 18 heavy (non-hydrogen) atoms. The number of nitrogens with zero attached hydrogens (tertiary/aromatic N) is 1. The summed E-state index contributed by atoms with van der Waals surface area (Å²) in [6.07, 6.45) is 1.23. The van der Waals surface area contributed by atoms with Crippen LogP contribution in [-0.4, -0.2) is 23.9 Å². The molecule has 1 fully saturated rings. The standard InChI is InChI=1S/C15H22N2O/c1-11-8-12(2)10-17(9-11)14(15(16)18)13-6-4-3-5-7-13/h3-7,11-12,14H,8-10H2,1-2H3,(H2,16,18). The third-order valence-corrected chi connectivity index (χ3v) is 3.65. The first kappa shape index (κ1) is 13.1. The van der Waals surface area contributed by atoms with Crippen LogP contribution in [0.25, 0.3) is 0 Å². The quantitative estimate of drug-likeness (QED) is 0.888. The first-order valence-electron chi connectivity index (χ1n) is 6.66. The van der Waals surface area contributed by atoms with Gasteiger partial charge in [0.1, 0.15) is 6.04 Å². The monoisotopic (exact) mass is 246 g/mol. The SMILES string of the molecule is CC1CC(C)CN(C(C(N)=O)c2ccccc2)C1. The van der Waals surface area contributed by atoms with Crippen molar-refractivity contribution in [2.75, 3.05) is 13.1 Å². The van der Waals surface area contributed by atoms with E-state index >= 15 is 0 Å². The summed E-state index contributed by atoms with van der Waals surface area (Å²) in [4.78, 5) is 14.0. The molecule has 1 heterocycles. The average molecular weight is 246 g/mol. The van der Waals surface area contributed by atoms with Crippen molar-refractivity contribution in [3.8, 4) is 0 Å². The third-order valence-electron chi connectivity index (χ3n) is 3.65. The van der Waals surface area contributed by atoms with Crippen molar-refractivity contribution in [3.63, 3.8) is 0 Å². The number of amides is 1. The van der Waals surface area contributed by atoms with Gasteiger partial charge in [0, 0.05) is 13.1 Å². The van der Waals surface area contributed by atoms with Gasteiger partial charge in [0.05, 0.1) is 0 Å². The molecule has 3 heteroatoms. The van der Waals surface area contributed by atoms with Crippen LogP contribution in [0.4, 0.5) is 0 Å². The third kappa shape index (κ3) is 2.91. The number of benzene rings is 1. The van der Waals surface area contributed by atoms with E-state index < -0.39 is 0 Å². The van der Waals surface area contributed by atoms with E-state index in [0.717, 1.165) is 18.7 Å². The van der Waals surface area contributed by atoms with Crippen molar-refractivity contribution in [2.24, 2.45) is 17.6 Å². The van der Waals surface area contributed by atoms with Crippen molar-refractivity contribution in [1.82, 2.24) is 4.90 Å². The van der Waals surface area contributed by atoms with Crippen LogP contribution in [0, 0.1) is 11.8 Å². The summed E-state index contributed by atoms with van der Waals surface area (Å²) >= 11 is 0. The minimum Gasteiger partial charge on any atom is -0.368 e. The summed E-state index contributed by atoms with van der Waals surface area (Å²) in [6, 6.07) is 9.57. The van der Waals surface area contributed by atoms with Gasteiger partial charge in [-0.2, -0.15) is 0 Å². The van der Waals surface area contributed by atoms with Crippen molar-refractivity contribution in [2.45, 2.75) is 26.3 Å². The Labute approximate surface area is 109 Å². The minimum absolute atomic E-state index is 0.248. The van der Waals surface area contributed by atoms with E-state index in [1.54, 1.807) is 0 Å². The molecule has 1 aromatic rings. The Bertz CT molecular complexity index is 394. The topological polar surface area (TPSA) is 46.3 Å². The predicted molar refractivity (Wildman–Crippen MR) is 72.9 cm³/mol. The highest BCUT2D eigenvalue weighted by Gasteiger charge is 2.31. The van der Waals surface area contributed by atoms with Crippen LogP contribution < -0.4 is 5.73 Å². The summed E-state index contributed by atoms with van der Waals surface area (Å²) in [7, 11) is 0. The fourth-order valence-corrected chi connectivity index (χ4v) is 3.11.